The maximum absolute atomic E-state index is 4.65. The Balaban J connectivity index is 1.77. The van der Waals surface area contributed by atoms with Crippen molar-refractivity contribution in [1.82, 2.24) is 24.7 Å². The topological polar surface area (TPSA) is 68.5 Å². The third-order valence-electron chi connectivity index (χ3n) is 3.62. The lowest BCUT2D eigenvalue weighted by Gasteiger charge is -2.24. The van der Waals surface area contributed by atoms with Crippen LogP contribution in [0.1, 0.15) is 18.0 Å². The second-order valence-electron chi connectivity index (χ2n) is 4.96. The van der Waals surface area contributed by atoms with Gasteiger partial charge in [-0.3, -0.25) is 9.97 Å². The van der Waals surface area contributed by atoms with E-state index in [9.17, 15) is 0 Å². The average molecular weight is 278 g/mol. The number of fused-ring (bicyclic) bond motifs is 1. The fourth-order valence-electron chi connectivity index (χ4n) is 2.60. The molecule has 0 saturated carbocycles. The van der Waals surface area contributed by atoms with Gasteiger partial charge < -0.3 is 5.32 Å². The summed E-state index contributed by atoms with van der Waals surface area (Å²) in [5.74, 6) is 1.50. The SMILES string of the molecule is c1cncc(-c2nc3n(n2)C(c2cccnc2)CCN3)c1. The molecule has 0 bridgehead atoms. The molecule has 0 spiro atoms. The molecule has 21 heavy (non-hydrogen) atoms. The zero-order chi connectivity index (χ0) is 14.1. The van der Waals surface area contributed by atoms with Gasteiger partial charge in [0, 0.05) is 36.9 Å². The zero-order valence-electron chi connectivity index (χ0n) is 11.3. The number of hydrogen-bond donors (Lipinski definition) is 1. The molecule has 1 aliphatic heterocycles. The minimum Gasteiger partial charge on any atom is -0.354 e. The lowest BCUT2D eigenvalue weighted by atomic mass is 10.1. The molecule has 1 unspecified atom stereocenters. The van der Waals surface area contributed by atoms with Gasteiger partial charge >= 0.3 is 0 Å². The number of nitrogens with one attached hydrogen (secondary N) is 1. The highest BCUT2D eigenvalue weighted by Crippen LogP contribution is 2.29. The molecule has 6 nitrogen and oxygen atoms in total. The van der Waals surface area contributed by atoms with Crippen molar-refractivity contribution in [2.45, 2.75) is 12.5 Å². The van der Waals surface area contributed by atoms with Gasteiger partial charge in [0.2, 0.25) is 5.95 Å². The highest BCUT2D eigenvalue weighted by atomic mass is 15.4. The van der Waals surface area contributed by atoms with E-state index in [-0.39, 0.29) is 6.04 Å². The van der Waals surface area contributed by atoms with Crippen LogP contribution in [-0.2, 0) is 0 Å². The first-order valence-corrected chi connectivity index (χ1v) is 6.92. The van der Waals surface area contributed by atoms with Crippen LogP contribution in [-0.4, -0.2) is 31.3 Å². The minimum atomic E-state index is 0.174. The molecular formula is C15H14N6. The van der Waals surface area contributed by atoms with Crippen molar-refractivity contribution in [2.75, 3.05) is 11.9 Å². The maximum atomic E-state index is 4.65. The summed E-state index contributed by atoms with van der Waals surface area (Å²) in [6.45, 7) is 0.880. The molecule has 3 aromatic heterocycles. The summed E-state index contributed by atoms with van der Waals surface area (Å²) in [6, 6.07) is 8.07. The van der Waals surface area contributed by atoms with E-state index in [1.807, 2.05) is 29.1 Å². The van der Waals surface area contributed by atoms with Crippen LogP contribution in [0, 0.1) is 0 Å². The second-order valence-corrected chi connectivity index (χ2v) is 4.96. The van der Waals surface area contributed by atoms with Gasteiger partial charge in [0.1, 0.15) is 0 Å². The molecule has 0 saturated heterocycles. The predicted molar refractivity (Wildman–Crippen MR) is 78.7 cm³/mol. The molecule has 0 aliphatic carbocycles. The summed E-state index contributed by atoms with van der Waals surface area (Å²) in [5.41, 5.74) is 2.08. The van der Waals surface area contributed by atoms with Crippen molar-refractivity contribution in [3.8, 4) is 11.4 Å². The summed E-state index contributed by atoms with van der Waals surface area (Å²) < 4.78 is 1.95. The van der Waals surface area contributed by atoms with E-state index < -0.39 is 0 Å². The molecule has 104 valence electrons. The van der Waals surface area contributed by atoms with Crippen LogP contribution in [0.4, 0.5) is 5.95 Å². The van der Waals surface area contributed by atoms with Crippen LogP contribution >= 0.6 is 0 Å². The highest BCUT2D eigenvalue weighted by Gasteiger charge is 2.24. The third-order valence-corrected chi connectivity index (χ3v) is 3.62. The smallest absolute Gasteiger partial charge is 0.222 e. The molecule has 6 heteroatoms. The molecule has 4 heterocycles. The molecule has 0 amide bonds. The Morgan fingerprint density at radius 3 is 2.71 bits per heavy atom. The van der Waals surface area contributed by atoms with E-state index >= 15 is 0 Å². The maximum Gasteiger partial charge on any atom is 0.222 e. The molecule has 4 rings (SSSR count). The Labute approximate surface area is 121 Å². The fourth-order valence-corrected chi connectivity index (χ4v) is 2.60. The van der Waals surface area contributed by atoms with Gasteiger partial charge in [-0.2, -0.15) is 4.98 Å². The van der Waals surface area contributed by atoms with Crippen molar-refractivity contribution in [2.24, 2.45) is 0 Å². The number of nitrogens with zero attached hydrogens (tertiary/aromatic N) is 5. The van der Waals surface area contributed by atoms with Crippen molar-refractivity contribution in [3.63, 3.8) is 0 Å². The molecule has 1 atom stereocenters. The van der Waals surface area contributed by atoms with Crippen LogP contribution in [0.2, 0.25) is 0 Å². The summed E-state index contributed by atoms with van der Waals surface area (Å²) in [7, 11) is 0. The lowest BCUT2D eigenvalue weighted by Crippen LogP contribution is -2.24. The van der Waals surface area contributed by atoms with Gasteiger partial charge in [0.15, 0.2) is 5.82 Å². The number of rotatable bonds is 2. The Kier molecular flexibility index (Phi) is 2.85. The van der Waals surface area contributed by atoms with Crippen LogP contribution < -0.4 is 5.32 Å². The quantitative estimate of drug-likeness (QED) is 0.777. The predicted octanol–water partition coefficient (Wildman–Crippen LogP) is 2.14. The van der Waals surface area contributed by atoms with E-state index in [0.717, 1.165) is 30.0 Å². The van der Waals surface area contributed by atoms with E-state index in [1.165, 1.54) is 0 Å². The normalized spacial score (nSPS) is 17.0. The highest BCUT2D eigenvalue weighted by molar-refractivity contribution is 5.55. The van der Waals surface area contributed by atoms with Gasteiger partial charge in [-0.1, -0.05) is 6.07 Å². The van der Waals surface area contributed by atoms with Gasteiger partial charge in [0.05, 0.1) is 6.04 Å². The van der Waals surface area contributed by atoms with E-state index in [0.29, 0.717) is 5.82 Å². The van der Waals surface area contributed by atoms with Crippen LogP contribution in [0.25, 0.3) is 11.4 Å². The van der Waals surface area contributed by atoms with E-state index in [1.54, 1.807) is 18.6 Å². The van der Waals surface area contributed by atoms with Gasteiger partial charge in [0.25, 0.3) is 0 Å². The van der Waals surface area contributed by atoms with Gasteiger partial charge in [-0.05, 0) is 30.2 Å². The summed E-state index contributed by atoms with van der Waals surface area (Å²) in [4.78, 5) is 12.9. The van der Waals surface area contributed by atoms with Crippen molar-refractivity contribution in [1.29, 1.82) is 0 Å². The second kappa shape index (κ2) is 4.97. The average Bonchev–Trinajstić information content (AvgIpc) is 3.00. The summed E-state index contributed by atoms with van der Waals surface area (Å²) in [5, 5.41) is 7.96. The molecule has 1 N–H and O–H groups in total. The van der Waals surface area contributed by atoms with Crippen molar-refractivity contribution in [3.05, 3.63) is 54.6 Å². The number of pyridine rings is 2. The monoisotopic (exact) mass is 278 g/mol. The fraction of sp³-hybridized carbons (Fsp3) is 0.200. The van der Waals surface area contributed by atoms with Crippen molar-refractivity contribution >= 4 is 5.95 Å². The van der Waals surface area contributed by atoms with Gasteiger partial charge in [-0.15, -0.1) is 5.10 Å². The first kappa shape index (κ1) is 12.0. The zero-order valence-corrected chi connectivity index (χ0v) is 11.3. The molecular weight excluding hydrogens is 264 g/mol. The summed E-state index contributed by atoms with van der Waals surface area (Å²) in [6.07, 6.45) is 8.17. The standard InChI is InChI=1S/C15H14N6/c1-3-11(9-16-6-1)13-5-8-18-15-19-14(20-21(13)15)12-4-2-7-17-10-12/h1-4,6-7,9-10,13H,5,8H2,(H,18,19,20). The Hall–Kier alpha value is -2.76. The Morgan fingerprint density at radius 1 is 1.10 bits per heavy atom. The molecule has 3 aromatic rings. The number of aromatic nitrogens is 5. The largest absolute Gasteiger partial charge is 0.354 e. The van der Waals surface area contributed by atoms with Crippen LogP contribution in [0.5, 0.6) is 0 Å². The minimum absolute atomic E-state index is 0.174. The number of anilines is 1. The Bertz CT molecular complexity index is 737. The number of hydrogen-bond acceptors (Lipinski definition) is 5. The van der Waals surface area contributed by atoms with E-state index in [4.69, 9.17) is 0 Å². The Morgan fingerprint density at radius 2 is 1.95 bits per heavy atom. The summed E-state index contributed by atoms with van der Waals surface area (Å²) >= 11 is 0. The molecule has 1 aliphatic rings. The molecule has 0 radical (unpaired) electrons. The first-order valence-electron chi connectivity index (χ1n) is 6.92. The van der Waals surface area contributed by atoms with Crippen LogP contribution in [0.15, 0.2) is 49.1 Å². The van der Waals surface area contributed by atoms with Gasteiger partial charge in [-0.25, -0.2) is 4.68 Å². The first-order chi connectivity index (χ1) is 10.4. The van der Waals surface area contributed by atoms with Crippen molar-refractivity contribution < 1.29 is 0 Å². The lowest BCUT2D eigenvalue weighted by molar-refractivity contribution is 0.480. The molecule has 0 fully saturated rings. The van der Waals surface area contributed by atoms with Crippen LogP contribution in [0.3, 0.4) is 0 Å². The third kappa shape index (κ3) is 2.14. The molecule has 0 aromatic carbocycles. The van der Waals surface area contributed by atoms with E-state index in [2.05, 4.69) is 31.4 Å².